The largest absolute Gasteiger partial charge is 0.497 e. The first kappa shape index (κ1) is 21.1. The number of benzene rings is 1. The lowest BCUT2D eigenvalue weighted by molar-refractivity contribution is -0.117. The summed E-state index contributed by atoms with van der Waals surface area (Å²) >= 11 is 0. The molecule has 0 atom stereocenters. The lowest BCUT2D eigenvalue weighted by atomic mass is 9.97. The van der Waals surface area contributed by atoms with E-state index in [4.69, 9.17) is 4.74 Å². The molecule has 1 N–H and O–H groups in total. The Bertz CT molecular complexity index is 1050. The molecule has 0 unspecified atom stereocenters. The predicted octanol–water partition coefficient (Wildman–Crippen LogP) is 0.368. The molecule has 29 heavy (non-hydrogen) atoms. The molecule has 1 saturated heterocycles. The number of rotatable bonds is 6. The van der Waals surface area contributed by atoms with Crippen molar-refractivity contribution in [3.63, 3.8) is 0 Å². The SMILES string of the molecule is COc1cccc(NC(=O)Cn2nc(C3CCN(S(C)(=O)=O)CC3)n(C)c2=O)c1. The van der Waals surface area contributed by atoms with Gasteiger partial charge in [-0.2, -0.15) is 5.10 Å². The van der Waals surface area contributed by atoms with Crippen LogP contribution >= 0.6 is 0 Å². The van der Waals surface area contributed by atoms with Crippen molar-refractivity contribution in [2.24, 2.45) is 7.05 Å². The summed E-state index contributed by atoms with van der Waals surface area (Å²) in [5, 5.41) is 7.07. The maximum atomic E-state index is 12.5. The number of piperidine rings is 1. The smallest absolute Gasteiger partial charge is 0.346 e. The molecule has 1 amide bonds. The topological polar surface area (TPSA) is 116 Å². The molecule has 2 aromatic rings. The fourth-order valence-corrected chi connectivity index (χ4v) is 4.32. The van der Waals surface area contributed by atoms with E-state index < -0.39 is 10.0 Å². The minimum Gasteiger partial charge on any atom is -0.497 e. The summed E-state index contributed by atoms with van der Waals surface area (Å²) in [7, 11) is -0.0648. The van der Waals surface area contributed by atoms with Crippen LogP contribution in [0.4, 0.5) is 5.69 Å². The number of carbonyl (C=O) groups excluding carboxylic acids is 1. The van der Waals surface area contributed by atoms with E-state index in [1.807, 2.05) is 0 Å². The molecule has 0 spiro atoms. The molecular formula is C18H25N5O5S. The van der Waals surface area contributed by atoms with Crippen LogP contribution < -0.4 is 15.7 Å². The summed E-state index contributed by atoms with van der Waals surface area (Å²) in [5.41, 5.74) is 0.179. The van der Waals surface area contributed by atoms with Crippen molar-refractivity contribution in [3.8, 4) is 5.75 Å². The van der Waals surface area contributed by atoms with Crippen molar-refractivity contribution in [1.29, 1.82) is 0 Å². The standard InChI is InChI=1S/C18H25N5O5S/c1-21-17(13-7-9-22(10-8-13)29(3,26)27)20-23(18(21)25)12-16(24)19-14-5-4-6-15(11-14)28-2/h4-6,11,13H,7-10,12H2,1-3H3,(H,19,24). The van der Waals surface area contributed by atoms with Gasteiger partial charge in [0.25, 0.3) is 0 Å². The van der Waals surface area contributed by atoms with Gasteiger partial charge in [0.1, 0.15) is 18.1 Å². The summed E-state index contributed by atoms with van der Waals surface area (Å²) in [6.07, 6.45) is 2.35. The molecule has 3 rings (SSSR count). The van der Waals surface area contributed by atoms with Crippen molar-refractivity contribution in [3.05, 3.63) is 40.6 Å². The van der Waals surface area contributed by atoms with Crippen LogP contribution in [0.3, 0.4) is 0 Å². The monoisotopic (exact) mass is 423 g/mol. The number of nitrogens with one attached hydrogen (secondary N) is 1. The minimum absolute atomic E-state index is 0.0339. The van der Waals surface area contributed by atoms with Gasteiger partial charge < -0.3 is 10.1 Å². The average Bonchev–Trinajstić information content (AvgIpc) is 2.96. The lowest BCUT2D eigenvalue weighted by Crippen LogP contribution is -2.37. The van der Waals surface area contributed by atoms with Crippen molar-refractivity contribution < 1.29 is 17.9 Å². The highest BCUT2D eigenvalue weighted by Gasteiger charge is 2.29. The number of methoxy groups -OCH3 is 1. The van der Waals surface area contributed by atoms with E-state index in [2.05, 4.69) is 10.4 Å². The number of ether oxygens (including phenoxy) is 1. The third kappa shape index (κ3) is 4.85. The highest BCUT2D eigenvalue weighted by Crippen LogP contribution is 2.26. The van der Waals surface area contributed by atoms with E-state index in [0.29, 0.717) is 43.2 Å². The molecule has 10 nitrogen and oxygen atoms in total. The Labute approximate surface area is 169 Å². The van der Waals surface area contributed by atoms with Crippen LogP contribution in [0.2, 0.25) is 0 Å². The molecule has 1 aliphatic rings. The number of sulfonamides is 1. The number of carbonyl (C=O) groups is 1. The van der Waals surface area contributed by atoms with Gasteiger partial charge in [0.15, 0.2) is 0 Å². The fourth-order valence-electron chi connectivity index (χ4n) is 3.45. The minimum atomic E-state index is -3.22. The van der Waals surface area contributed by atoms with Crippen LogP contribution in [0.5, 0.6) is 5.75 Å². The van der Waals surface area contributed by atoms with Gasteiger partial charge in [0, 0.05) is 37.8 Å². The van der Waals surface area contributed by atoms with Crippen molar-refractivity contribution >= 4 is 21.6 Å². The van der Waals surface area contributed by atoms with Crippen LogP contribution in [0.25, 0.3) is 0 Å². The molecule has 1 aliphatic heterocycles. The molecule has 1 fully saturated rings. The number of aromatic nitrogens is 3. The van der Waals surface area contributed by atoms with Gasteiger partial charge in [-0.15, -0.1) is 0 Å². The Morgan fingerprint density at radius 3 is 2.62 bits per heavy atom. The number of amides is 1. The summed E-state index contributed by atoms with van der Waals surface area (Å²) in [5.74, 6) is 0.767. The number of anilines is 1. The quantitative estimate of drug-likeness (QED) is 0.718. The predicted molar refractivity (Wildman–Crippen MR) is 107 cm³/mol. The van der Waals surface area contributed by atoms with Gasteiger partial charge in [-0.3, -0.25) is 9.36 Å². The van der Waals surface area contributed by atoms with Gasteiger partial charge in [-0.1, -0.05) is 6.07 Å². The zero-order valence-corrected chi connectivity index (χ0v) is 17.5. The molecule has 2 heterocycles. The van der Waals surface area contributed by atoms with E-state index in [9.17, 15) is 18.0 Å². The van der Waals surface area contributed by atoms with E-state index in [-0.39, 0.29) is 24.1 Å². The first-order valence-corrected chi connectivity index (χ1v) is 11.1. The second-order valence-corrected chi connectivity index (χ2v) is 9.06. The average molecular weight is 423 g/mol. The van der Waals surface area contributed by atoms with E-state index in [0.717, 1.165) is 4.68 Å². The molecule has 1 aromatic heterocycles. The number of hydrogen-bond acceptors (Lipinski definition) is 6. The van der Waals surface area contributed by atoms with Gasteiger partial charge in [0.2, 0.25) is 15.9 Å². The third-order valence-corrected chi connectivity index (χ3v) is 6.31. The molecule has 0 bridgehead atoms. The Morgan fingerprint density at radius 1 is 1.31 bits per heavy atom. The van der Waals surface area contributed by atoms with Crippen molar-refractivity contribution in [2.45, 2.75) is 25.3 Å². The molecular weight excluding hydrogens is 398 g/mol. The Balaban J connectivity index is 1.69. The number of hydrogen-bond donors (Lipinski definition) is 1. The van der Waals surface area contributed by atoms with Gasteiger partial charge in [-0.05, 0) is 25.0 Å². The van der Waals surface area contributed by atoms with E-state index in [1.165, 1.54) is 22.2 Å². The Morgan fingerprint density at radius 2 is 2.00 bits per heavy atom. The normalized spacial score (nSPS) is 16.0. The summed E-state index contributed by atoms with van der Waals surface area (Å²) in [6.45, 7) is 0.563. The van der Waals surface area contributed by atoms with E-state index in [1.54, 1.807) is 31.3 Å². The summed E-state index contributed by atoms with van der Waals surface area (Å²) in [6, 6.07) is 6.92. The fraction of sp³-hybridized carbons (Fsp3) is 0.500. The summed E-state index contributed by atoms with van der Waals surface area (Å²) in [4.78, 5) is 24.9. The Kier molecular flexibility index (Phi) is 6.08. The van der Waals surface area contributed by atoms with Crippen molar-refractivity contribution in [2.75, 3.05) is 31.8 Å². The van der Waals surface area contributed by atoms with E-state index >= 15 is 0 Å². The highest BCUT2D eigenvalue weighted by molar-refractivity contribution is 7.88. The zero-order chi connectivity index (χ0) is 21.2. The third-order valence-electron chi connectivity index (χ3n) is 5.01. The summed E-state index contributed by atoms with van der Waals surface area (Å²) < 4.78 is 32.4. The van der Waals surface area contributed by atoms with Crippen LogP contribution in [-0.4, -0.2) is 59.4 Å². The van der Waals surface area contributed by atoms with Crippen LogP contribution in [0, 0.1) is 0 Å². The molecule has 0 aliphatic carbocycles. The number of nitrogens with zero attached hydrogens (tertiary/aromatic N) is 4. The van der Waals surface area contributed by atoms with Crippen LogP contribution in [-0.2, 0) is 28.4 Å². The first-order chi connectivity index (χ1) is 13.7. The molecule has 11 heteroatoms. The van der Waals surface area contributed by atoms with Gasteiger partial charge in [0.05, 0.1) is 13.4 Å². The maximum absolute atomic E-state index is 12.5. The zero-order valence-electron chi connectivity index (χ0n) is 16.7. The highest BCUT2D eigenvalue weighted by atomic mass is 32.2. The molecule has 0 saturated carbocycles. The van der Waals surface area contributed by atoms with Crippen LogP contribution in [0.1, 0.15) is 24.6 Å². The van der Waals surface area contributed by atoms with Gasteiger partial charge >= 0.3 is 5.69 Å². The lowest BCUT2D eigenvalue weighted by Gasteiger charge is -2.29. The van der Waals surface area contributed by atoms with Gasteiger partial charge in [-0.25, -0.2) is 22.2 Å². The molecule has 158 valence electrons. The second-order valence-electron chi connectivity index (χ2n) is 7.07. The van der Waals surface area contributed by atoms with Crippen molar-refractivity contribution in [1.82, 2.24) is 18.7 Å². The Hall–Kier alpha value is -2.66. The molecule has 0 radical (unpaired) electrons. The maximum Gasteiger partial charge on any atom is 0.346 e. The second kappa shape index (κ2) is 8.37. The van der Waals surface area contributed by atoms with Crippen LogP contribution in [0.15, 0.2) is 29.1 Å². The first-order valence-electron chi connectivity index (χ1n) is 9.22. The molecule has 1 aromatic carbocycles.